The van der Waals surface area contributed by atoms with Gasteiger partial charge in [0.25, 0.3) is 0 Å². The third kappa shape index (κ3) is 3.00. The first kappa shape index (κ1) is 16.4. The number of carbonyl (C=O) groups is 1. The molecule has 3 rings (SSSR count). The smallest absolute Gasteiger partial charge is 0.243 e. The first-order chi connectivity index (χ1) is 10.7. The quantitative estimate of drug-likeness (QED) is 0.882. The van der Waals surface area contributed by atoms with Gasteiger partial charge < -0.3 is 10.2 Å². The molecule has 1 aromatic carbocycles. The lowest BCUT2D eigenvalue weighted by molar-refractivity contribution is -0.117. The number of carbonyl (C=O) groups excluding carboxylic acids is 1. The van der Waals surface area contributed by atoms with Gasteiger partial charge in [-0.25, -0.2) is 8.42 Å². The molecule has 0 atom stereocenters. The van der Waals surface area contributed by atoms with E-state index in [0.29, 0.717) is 30.1 Å². The van der Waals surface area contributed by atoms with Crippen LogP contribution in [0.25, 0.3) is 0 Å². The number of fused-ring (bicyclic) bond motifs is 1. The summed E-state index contributed by atoms with van der Waals surface area (Å²) < 4.78 is 27.3. The van der Waals surface area contributed by atoms with Crippen LogP contribution in [-0.4, -0.2) is 56.8 Å². The molecule has 1 N–H and O–H groups in total. The third-order valence-electron chi connectivity index (χ3n) is 4.70. The van der Waals surface area contributed by atoms with E-state index >= 15 is 0 Å². The number of benzene rings is 1. The van der Waals surface area contributed by atoms with Gasteiger partial charge in [-0.2, -0.15) is 4.31 Å². The van der Waals surface area contributed by atoms with Gasteiger partial charge in [0.05, 0.1) is 4.90 Å². The molecule has 0 radical (unpaired) electrons. The van der Waals surface area contributed by atoms with Crippen molar-refractivity contribution in [3.8, 4) is 0 Å². The van der Waals surface area contributed by atoms with Gasteiger partial charge in [0.15, 0.2) is 0 Å². The molecule has 6 nitrogen and oxygen atoms in total. The van der Waals surface area contributed by atoms with Crippen LogP contribution >= 0.6 is 0 Å². The molecule has 2 heterocycles. The largest absolute Gasteiger partial charge is 0.326 e. The number of amides is 1. The SMILES string of the molecule is CN1CCN(S(=O)(=O)c2ccc3c(c2)C(C)(C)CC(=O)N3)CC1. The van der Waals surface area contributed by atoms with Crippen LogP contribution in [0, 0.1) is 0 Å². The van der Waals surface area contributed by atoms with Crippen molar-refractivity contribution in [3.05, 3.63) is 23.8 Å². The van der Waals surface area contributed by atoms with E-state index in [0.717, 1.165) is 18.7 Å². The normalized spacial score (nSPS) is 22.5. The first-order valence-electron chi connectivity index (χ1n) is 7.83. The molecule has 1 amide bonds. The molecule has 0 aliphatic carbocycles. The van der Waals surface area contributed by atoms with Crippen molar-refractivity contribution in [1.82, 2.24) is 9.21 Å². The number of sulfonamides is 1. The Balaban J connectivity index is 1.97. The standard InChI is InChI=1S/C16H23N3O3S/c1-16(2)11-15(20)17-14-5-4-12(10-13(14)16)23(21,22)19-8-6-18(3)7-9-19/h4-5,10H,6-9,11H2,1-3H3,(H,17,20). The summed E-state index contributed by atoms with van der Waals surface area (Å²) in [5.41, 5.74) is 1.22. The Bertz CT molecular complexity index is 735. The summed E-state index contributed by atoms with van der Waals surface area (Å²) in [5, 5.41) is 2.83. The lowest BCUT2D eigenvalue weighted by Crippen LogP contribution is -2.47. The van der Waals surface area contributed by atoms with Gasteiger partial charge in [0, 0.05) is 43.7 Å². The second-order valence-electron chi connectivity index (χ2n) is 7.02. The average molecular weight is 337 g/mol. The molecule has 1 fully saturated rings. The molecule has 0 spiro atoms. The molecule has 0 bridgehead atoms. The molecule has 2 aliphatic heterocycles. The molecular formula is C16H23N3O3S. The summed E-state index contributed by atoms with van der Waals surface area (Å²) in [6, 6.07) is 5.02. The number of rotatable bonds is 2. The summed E-state index contributed by atoms with van der Waals surface area (Å²) in [6.07, 6.45) is 0.359. The van der Waals surface area contributed by atoms with Gasteiger partial charge in [-0.1, -0.05) is 13.8 Å². The Morgan fingerprint density at radius 1 is 1.13 bits per heavy atom. The maximum atomic E-state index is 12.9. The Morgan fingerprint density at radius 2 is 1.78 bits per heavy atom. The summed E-state index contributed by atoms with van der Waals surface area (Å²) in [4.78, 5) is 14.2. The number of likely N-dealkylation sites (N-methyl/N-ethyl adjacent to an activating group) is 1. The second-order valence-corrected chi connectivity index (χ2v) is 8.96. The van der Waals surface area contributed by atoms with Gasteiger partial charge in [-0.15, -0.1) is 0 Å². The van der Waals surface area contributed by atoms with Crippen LogP contribution in [-0.2, 0) is 20.2 Å². The predicted octanol–water partition coefficient (Wildman–Crippen LogP) is 1.24. The Kier molecular flexibility index (Phi) is 3.98. The number of nitrogens with zero attached hydrogens (tertiary/aromatic N) is 2. The van der Waals surface area contributed by atoms with Crippen molar-refractivity contribution in [2.75, 3.05) is 38.5 Å². The molecule has 0 saturated carbocycles. The molecule has 0 aromatic heterocycles. The maximum absolute atomic E-state index is 12.9. The zero-order valence-corrected chi connectivity index (χ0v) is 14.6. The lowest BCUT2D eigenvalue weighted by atomic mass is 9.78. The number of piperazine rings is 1. The molecule has 1 saturated heterocycles. The minimum absolute atomic E-state index is 0.0304. The highest BCUT2D eigenvalue weighted by Crippen LogP contribution is 2.38. The Hall–Kier alpha value is -1.44. The Labute approximate surface area is 137 Å². The van der Waals surface area contributed by atoms with Crippen LogP contribution in [0.5, 0.6) is 0 Å². The van der Waals surface area contributed by atoms with Gasteiger partial charge in [0.2, 0.25) is 15.9 Å². The highest BCUT2D eigenvalue weighted by molar-refractivity contribution is 7.89. The fourth-order valence-electron chi connectivity index (χ4n) is 3.22. The van der Waals surface area contributed by atoms with Crippen molar-refractivity contribution < 1.29 is 13.2 Å². The Morgan fingerprint density at radius 3 is 2.43 bits per heavy atom. The minimum Gasteiger partial charge on any atom is -0.326 e. The van der Waals surface area contributed by atoms with E-state index in [-0.39, 0.29) is 11.3 Å². The first-order valence-corrected chi connectivity index (χ1v) is 9.27. The molecule has 1 aromatic rings. The molecule has 126 valence electrons. The maximum Gasteiger partial charge on any atom is 0.243 e. The van der Waals surface area contributed by atoms with E-state index in [1.54, 1.807) is 22.5 Å². The third-order valence-corrected chi connectivity index (χ3v) is 6.59. The van der Waals surface area contributed by atoms with Crippen LogP contribution in [0.4, 0.5) is 5.69 Å². The van der Waals surface area contributed by atoms with E-state index < -0.39 is 10.0 Å². The van der Waals surface area contributed by atoms with E-state index in [2.05, 4.69) is 10.2 Å². The minimum atomic E-state index is -3.49. The number of hydrogen-bond donors (Lipinski definition) is 1. The van der Waals surface area contributed by atoms with Gasteiger partial charge in [-0.3, -0.25) is 4.79 Å². The average Bonchev–Trinajstić information content (AvgIpc) is 2.46. The number of nitrogens with one attached hydrogen (secondary N) is 1. The molecular weight excluding hydrogens is 314 g/mol. The van der Waals surface area contributed by atoms with Gasteiger partial charge in [0.1, 0.15) is 0 Å². The lowest BCUT2D eigenvalue weighted by Gasteiger charge is -2.34. The van der Waals surface area contributed by atoms with Crippen LogP contribution < -0.4 is 5.32 Å². The predicted molar refractivity (Wildman–Crippen MR) is 89.0 cm³/mol. The topological polar surface area (TPSA) is 69.7 Å². The zero-order chi connectivity index (χ0) is 16.8. The van der Waals surface area contributed by atoms with Crippen molar-refractivity contribution in [1.29, 1.82) is 0 Å². The monoisotopic (exact) mass is 337 g/mol. The van der Waals surface area contributed by atoms with Crippen molar-refractivity contribution in [2.45, 2.75) is 30.6 Å². The summed E-state index contributed by atoms with van der Waals surface area (Å²) in [6.45, 7) is 6.44. The number of anilines is 1. The van der Waals surface area contributed by atoms with E-state index in [4.69, 9.17) is 0 Å². The molecule has 23 heavy (non-hydrogen) atoms. The number of hydrogen-bond acceptors (Lipinski definition) is 4. The van der Waals surface area contributed by atoms with Crippen LogP contribution in [0.15, 0.2) is 23.1 Å². The fraction of sp³-hybridized carbons (Fsp3) is 0.562. The highest BCUT2D eigenvalue weighted by Gasteiger charge is 2.34. The van der Waals surface area contributed by atoms with Crippen molar-refractivity contribution in [3.63, 3.8) is 0 Å². The van der Waals surface area contributed by atoms with Crippen LogP contribution in [0.3, 0.4) is 0 Å². The highest BCUT2D eigenvalue weighted by atomic mass is 32.2. The summed E-state index contributed by atoms with van der Waals surface area (Å²) in [5.74, 6) is -0.0304. The van der Waals surface area contributed by atoms with E-state index in [1.165, 1.54) is 0 Å². The molecule has 7 heteroatoms. The zero-order valence-electron chi connectivity index (χ0n) is 13.8. The van der Waals surface area contributed by atoms with Crippen LogP contribution in [0.2, 0.25) is 0 Å². The fourth-order valence-corrected chi connectivity index (χ4v) is 4.67. The second kappa shape index (κ2) is 5.58. The van der Waals surface area contributed by atoms with E-state index in [9.17, 15) is 13.2 Å². The van der Waals surface area contributed by atoms with Gasteiger partial charge in [-0.05, 0) is 30.8 Å². The summed E-state index contributed by atoms with van der Waals surface area (Å²) >= 11 is 0. The van der Waals surface area contributed by atoms with E-state index in [1.807, 2.05) is 20.9 Å². The molecule has 2 aliphatic rings. The van der Waals surface area contributed by atoms with Crippen molar-refractivity contribution >= 4 is 21.6 Å². The van der Waals surface area contributed by atoms with Gasteiger partial charge >= 0.3 is 0 Å². The summed E-state index contributed by atoms with van der Waals surface area (Å²) in [7, 11) is -1.49. The van der Waals surface area contributed by atoms with Crippen LogP contribution in [0.1, 0.15) is 25.8 Å². The molecule has 0 unspecified atom stereocenters. The van der Waals surface area contributed by atoms with Crippen molar-refractivity contribution in [2.24, 2.45) is 0 Å².